The molecule has 0 saturated carbocycles. The molecule has 1 aliphatic rings. The first-order valence-corrected chi connectivity index (χ1v) is 8.64. The lowest BCUT2D eigenvalue weighted by Gasteiger charge is -2.34. The first-order valence-electron chi connectivity index (χ1n) is 8.64. The molecule has 0 spiro atoms. The van der Waals surface area contributed by atoms with E-state index in [0.29, 0.717) is 0 Å². The zero-order valence-electron chi connectivity index (χ0n) is 14.5. The van der Waals surface area contributed by atoms with Crippen molar-refractivity contribution in [2.75, 3.05) is 20.2 Å². The highest BCUT2D eigenvalue weighted by atomic mass is 16.5. The number of nitrogens with zero attached hydrogens (tertiary/aromatic N) is 2. The summed E-state index contributed by atoms with van der Waals surface area (Å²) in [6.07, 6.45) is 4.65. The first kappa shape index (κ1) is 17.6. The molecule has 0 amide bonds. The molecule has 0 aliphatic carbocycles. The number of aromatic nitrogens is 1. The lowest BCUT2D eigenvalue weighted by molar-refractivity contribution is -0.153. The number of carbonyl (C=O) groups is 1. The minimum Gasteiger partial charge on any atom is -0.479 e. The molecule has 1 aliphatic heterocycles. The molecular formula is C20H24N2O3. The van der Waals surface area contributed by atoms with Crippen LogP contribution in [-0.4, -0.2) is 47.3 Å². The summed E-state index contributed by atoms with van der Waals surface area (Å²) in [6.45, 7) is 2.71. The molecule has 1 aromatic carbocycles. The standard InChI is InChI=1S/C20H24N2O3/c1-25-19(20(23)24)18-8-12-22(13-9-18)14-15-2-4-16(5-3-15)17-6-10-21-11-7-17/h2-7,10-11,18-19H,8-9,12-14H2,1H3,(H,23,24). The molecule has 25 heavy (non-hydrogen) atoms. The van der Waals surface area contributed by atoms with E-state index >= 15 is 0 Å². The van der Waals surface area contributed by atoms with Gasteiger partial charge >= 0.3 is 5.97 Å². The van der Waals surface area contributed by atoms with Crippen LogP contribution in [-0.2, 0) is 16.1 Å². The van der Waals surface area contributed by atoms with Gasteiger partial charge in [-0.15, -0.1) is 0 Å². The van der Waals surface area contributed by atoms with Gasteiger partial charge in [0.05, 0.1) is 0 Å². The zero-order chi connectivity index (χ0) is 17.6. The van der Waals surface area contributed by atoms with Crippen molar-refractivity contribution in [3.8, 4) is 11.1 Å². The number of carboxylic acid groups (broad SMARTS) is 1. The van der Waals surface area contributed by atoms with E-state index in [4.69, 9.17) is 4.74 Å². The van der Waals surface area contributed by atoms with Crippen LogP contribution in [0.25, 0.3) is 11.1 Å². The highest BCUT2D eigenvalue weighted by Gasteiger charge is 2.31. The highest BCUT2D eigenvalue weighted by molar-refractivity contribution is 5.72. The van der Waals surface area contributed by atoms with Crippen molar-refractivity contribution in [2.45, 2.75) is 25.5 Å². The third kappa shape index (κ3) is 4.44. The van der Waals surface area contributed by atoms with Crippen LogP contribution in [0.5, 0.6) is 0 Å². The average Bonchev–Trinajstić information content (AvgIpc) is 2.65. The van der Waals surface area contributed by atoms with E-state index in [1.165, 1.54) is 23.8 Å². The Kier molecular flexibility index (Phi) is 5.79. The molecule has 0 radical (unpaired) electrons. The Morgan fingerprint density at radius 1 is 1.16 bits per heavy atom. The van der Waals surface area contributed by atoms with E-state index in [1.54, 1.807) is 12.4 Å². The molecular weight excluding hydrogens is 316 g/mol. The summed E-state index contributed by atoms with van der Waals surface area (Å²) >= 11 is 0. The summed E-state index contributed by atoms with van der Waals surface area (Å²) in [5.41, 5.74) is 3.63. The zero-order valence-corrected chi connectivity index (χ0v) is 14.5. The van der Waals surface area contributed by atoms with Crippen LogP contribution >= 0.6 is 0 Å². The Morgan fingerprint density at radius 2 is 1.76 bits per heavy atom. The van der Waals surface area contributed by atoms with Crippen molar-refractivity contribution in [1.82, 2.24) is 9.88 Å². The Morgan fingerprint density at radius 3 is 2.32 bits per heavy atom. The van der Waals surface area contributed by atoms with Crippen molar-refractivity contribution >= 4 is 5.97 Å². The fourth-order valence-electron chi connectivity index (χ4n) is 3.51. The van der Waals surface area contributed by atoms with Crippen molar-refractivity contribution in [1.29, 1.82) is 0 Å². The molecule has 5 nitrogen and oxygen atoms in total. The second-order valence-corrected chi connectivity index (χ2v) is 6.54. The maximum Gasteiger partial charge on any atom is 0.333 e. The van der Waals surface area contributed by atoms with Gasteiger partial charge in [-0.25, -0.2) is 4.79 Å². The number of hydrogen-bond acceptors (Lipinski definition) is 4. The normalized spacial score (nSPS) is 17.3. The van der Waals surface area contributed by atoms with Gasteiger partial charge in [-0.2, -0.15) is 0 Å². The van der Waals surface area contributed by atoms with Crippen LogP contribution in [0.3, 0.4) is 0 Å². The van der Waals surface area contributed by atoms with Gasteiger partial charge in [0.15, 0.2) is 6.10 Å². The number of ether oxygens (including phenoxy) is 1. The van der Waals surface area contributed by atoms with Crippen molar-refractivity contribution in [3.05, 3.63) is 54.4 Å². The molecule has 3 rings (SSSR count). The number of pyridine rings is 1. The predicted molar refractivity (Wildman–Crippen MR) is 96.1 cm³/mol. The van der Waals surface area contributed by atoms with Crippen LogP contribution < -0.4 is 0 Å². The Bertz CT molecular complexity index is 680. The minimum absolute atomic E-state index is 0.104. The Balaban J connectivity index is 1.55. The SMILES string of the molecule is COC(C(=O)O)C1CCN(Cc2ccc(-c3ccncc3)cc2)CC1. The van der Waals surface area contributed by atoms with Crippen LogP contribution in [0.15, 0.2) is 48.8 Å². The largest absolute Gasteiger partial charge is 0.479 e. The van der Waals surface area contributed by atoms with Crippen LogP contribution in [0, 0.1) is 5.92 Å². The number of rotatable bonds is 6. The number of piperidine rings is 1. The number of carboxylic acids is 1. The molecule has 1 fully saturated rings. The first-order chi connectivity index (χ1) is 12.2. The van der Waals surface area contributed by atoms with E-state index in [2.05, 4.69) is 34.1 Å². The average molecular weight is 340 g/mol. The monoisotopic (exact) mass is 340 g/mol. The molecule has 1 unspecified atom stereocenters. The third-order valence-corrected chi connectivity index (χ3v) is 4.93. The highest BCUT2D eigenvalue weighted by Crippen LogP contribution is 2.25. The quantitative estimate of drug-likeness (QED) is 0.876. The predicted octanol–water partition coefficient (Wildman–Crippen LogP) is 3.06. The molecule has 132 valence electrons. The van der Waals surface area contributed by atoms with Crippen LogP contribution in [0.1, 0.15) is 18.4 Å². The van der Waals surface area contributed by atoms with Gasteiger partial charge in [0, 0.05) is 26.0 Å². The molecule has 1 saturated heterocycles. The Hall–Kier alpha value is -2.24. The fourth-order valence-corrected chi connectivity index (χ4v) is 3.51. The van der Waals surface area contributed by atoms with E-state index in [1.807, 2.05) is 12.1 Å². The van der Waals surface area contributed by atoms with Crippen molar-refractivity contribution < 1.29 is 14.6 Å². The lowest BCUT2D eigenvalue weighted by Crippen LogP contribution is -2.41. The number of methoxy groups -OCH3 is 1. The maximum absolute atomic E-state index is 11.2. The molecule has 1 aromatic heterocycles. The van der Waals surface area contributed by atoms with Gasteiger partial charge in [0.1, 0.15) is 0 Å². The minimum atomic E-state index is -0.854. The molecule has 1 atom stereocenters. The second kappa shape index (κ2) is 8.23. The Labute approximate surface area is 148 Å². The summed E-state index contributed by atoms with van der Waals surface area (Å²) in [4.78, 5) is 17.6. The van der Waals surface area contributed by atoms with Crippen LogP contribution in [0.2, 0.25) is 0 Å². The smallest absolute Gasteiger partial charge is 0.333 e. The summed E-state index contributed by atoms with van der Waals surface area (Å²) in [5, 5.41) is 9.20. The molecule has 2 heterocycles. The van der Waals surface area contributed by atoms with Crippen LogP contribution in [0.4, 0.5) is 0 Å². The number of hydrogen-bond donors (Lipinski definition) is 1. The number of benzene rings is 1. The van der Waals surface area contributed by atoms with Gasteiger partial charge < -0.3 is 9.84 Å². The van der Waals surface area contributed by atoms with Gasteiger partial charge in [-0.05, 0) is 60.7 Å². The summed E-state index contributed by atoms with van der Waals surface area (Å²) in [7, 11) is 1.48. The topological polar surface area (TPSA) is 62.7 Å². The van der Waals surface area contributed by atoms with Gasteiger partial charge in [0.25, 0.3) is 0 Å². The maximum atomic E-state index is 11.2. The fraction of sp³-hybridized carbons (Fsp3) is 0.400. The van der Waals surface area contributed by atoms with E-state index in [0.717, 1.165) is 32.5 Å². The second-order valence-electron chi connectivity index (χ2n) is 6.54. The molecule has 0 bridgehead atoms. The van der Waals surface area contributed by atoms with E-state index < -0.39 is 12.1 Å². The van der Waals surface area contributed by atoms with E-state index in [-0.39, 0.29) is 5.92 Å². The molecule has 1 N–H and O–H groups in total. The lowest BCUT2D eigenvalue weighted by atomic mass is 9.91. The summed E-state index contributed by atoms with van der Waals surface area (Å²) in [6, 6.07) is 12.6. The van der Waals surface area contributed by atoms with Gasteiger partial charge in [-0.3, -0.25) is 9.88 Å². The van der Waals surface area contributed by atoms with Gasteiger partial charge in [0.2, 0.25) is 0 Å². The van der Waals surface area contributed by atoms with Gasteiger partial charge in [-0.1, -0.05) is 24.3 Å². The van der Waals surface area contributed by atoms with Crippen molar-refractivity contribution in [3.63, 3.8) is 0 Å². The third-order valence-electron chi connectivity index (χ3n) is 4.93. The number of aliphatic carboxylic acids is 1. The molecule has 5 heteroatoms. The summed E-state index contributed by atoms with van der Waals surface area (Å²) < 4.78 is 5.14. The van der Waals surface area contributed by atoms with Crippen molar-refractivity contribution in [2.24, 2.45) is 5.92 Å². The molecule has 2 aromatic rings. The van der Waals surface area contributed by atoms with E-state index in [9.17, 15) is 9.90 Å². The summed E-state index contributed by atoms with van der Waals surface area (Å²) in [5.74, 6) is -0.750. The number of likely N-dealkylation sites (tertiary alicyclic amines) is 1.